The fourth-order valence-corrected chi connectivity index (χ4v) is 1.33. The second kappa shape index (κ2) is 6.00. The Kier molecular flexibility index (Phi) is 4.64. The first-order valence-corrected chi connectivity index (χ1v) is 5.24. The van der Waals surface area contributed by atoms with Crippen molar-refractivity contribution in [1.82, 2.24) is 5.32 Å². The molecule has 0 aliphatic heterocycles. The topological polar surface area (TPSA) is 47.6 Å². The monoisotopic (exact) mass is 223 g/mol. The summed E-state index contributed by atoms with van der Waals surface area (Å²) < 4.78 is 9.86. The number of hydrogen-bond acceptors (Lipinski definition) is 3. The number of hydrogen-bond donors (Lipinski definition) is 1. The number of carbonyl (C=O) groups is 1. The van der Waals surface area contributed by atoms with Crippen molar-refractivity contribution in [2.24, 2.45) is 0 Å². The molecule has 0 heterocycles. The van der Waals surface area contributed by atoms with Crippen LogP contribution in [-0.4, -0.2) is 19.8 Å². The van der Waals surface area contributed by atoms with Crippen molar-refractivity contribution in [3.63, 3.8) is 0 Å². The van der Waals surface area contributed by atoms with E-state index in [1.54, 1.807) is 14.0 Å². The number of benzene rings is 1. The van der Waals surface area contributed by atoms with Crippen molar-refractivity contribution in [2.75, 3.05) is 13.7 Å². The Morgan fingerprint density at radius 3 is 2.50 bits per heavy atom. The number of rotatable bonds is 4. The van der Waals surface area contributed by atoms with E-state index in [1.807, 2.05) is 31.2 Å². The molecule has 0 radical (unpaired) electrons. The zero-order valence-electron chi connectivity index (χ0n) is 9.82. The lowest BCUT2D eigenvalue weighted by molar-refractivity contribution is 0.149. The van der Waals surface area contributed by atoms with Gasteiger partial charge in [0.1, 0.15) is 5.75 Å². The maximum Gasteiger partial charge on any atom is 0.407 e. The van der Waals surface area contributed by atoms with Crippen molar-refractivity contribution in [3.8, 4) is 5.75 Å². The summed E-state index contributed by atoms with van der Waals surface area (Å²) in [6, 6.07) is 7.47. The van der Waals surface area contributed by atoms with Gasteiger partial charge >= 0.3 is 6.09 Å². The van der Waals surface area contributed by atoms with Gasteiger partial charge in [0.2, 0.25) is 0 Å². The summed E-state index contributed by atoms with van der Waals surface area (Å²) in [5.41, 5.74) is 1.01. The smallest absolute Gasteiger partial charge is 0.407 e. The van der Waals surface area contributed by atoms with Crippen LogP contribution in [0.15, 0.2) is 24.3 Å². The van der Waals surface area contributed by atoms with E-state index < -0.39 is 6.09 Å². The molecule has 0 aromatic heterocycles. The van der Waals surface area contributed by atoms with E-state index in [4.69, 9.17) is 9.47 Å². The number of amides is 1. The van der Waals surface area contributed by atoms with Crippen molar-refractivity contribution in [1.29, 1.82) is 0 Å². The van der Waals surface area contributed by atoms with Crippen LogP contribution in [0, 0.1) is 0 Å². The maximum absolute atomic E-state index is 11.2. The van der Waals surface area contributed by atoms with Crippen LogP contribution < -0.4 is 10.1 Å². The summed E-state index contributed by atoms with van der Waals surface area (Å²) in [6.07, 6.45) is -0.397. The van der Waals surface area contributed by atoms with Crippen LogP contribution >= 0.6 is 0 Å². The average molecular weight is 223 g/mol. The second-order valence-electron chi connectivity index (χ2n) is 3.36. The summed E-state index contributed by atoms with van der Waals surface area (Å²) in [5, 5.41) is 2.73. The summed E-state index contributed by atoms with van der Waals surface area (Å²) in [5.74, 6) is 0.798. The van der Waals surface area contributed by atoms with Crippen LogP contribution in [0.1, 0.15) is 25.5 Å². The van der Waals surface area contributed by atoms with Gasteiger partial charge < -0.3 is 14.8 Å². The third-order valence-electron chi connectivity index (χ3n) is 2.23. The molecule has 0 aliphatic carbocycles. The molecule has 1 N–H and O–H groups in total. The van der Waals surface area contributed by atoms with Gasteiger partial charge in [0.05, 0.1) is 19.8 Å². The molecule has 0 bridgehead atoms. The summed E-state index contributed by atoms with van der Waals surface area (Å²) >= 11 is 0. The molecule has 4 heteroatoms. The number of carbonyl (C=O) groups excluding carboxylic acids is 1. The summed E-state index contributed by atoms with van der Waals surface area (Å²) in [4.78, 5) is 11.2. The first kappa shape index (κ1) is 12.4. The predicted molar refractivity (Wildman–Crippen MR) is 61.6 cm³/mol. The minimum absolute atomic E-state index is 0.0787. The Hall–Kier alpha value is -1.71. The molecule has 0 aliphatic rings. The van der Waals surface area contributed by atoms with Crippen molar-refractivity contribution in [2.45, 2.75) is 19.9 Å². The van der Waals surface area contributed by atoms with E-state index in [9.17, 15) is 4.79 Å². The maximum atomic E-state index is 11.2. The average Bonchev–Trinajstić information content (AvgIpc) is 2.29. The molecule has 88 valence electrons. The number of methoxy groups -OCH3 is 1. The molecule has 0 spiro atoms. The van der Waals surface area contributed by atoms with Crippen molar-refractivity contribution < 1.29 is 14.3 Å². The Morgan fingerprint density at radius 1 is 1.38 bits per heavy atom. The molecule has 4 nitrogen and oxygen atoms in total. The van der Waals surface area contributed by atoms with Gasteiger partial charge in [-0.2, -0.15) is 0 Å². The van der Waals surface area contributed by atoms with E-state index in [1.165, 1.54) is 0 Å². The van der Waals surface area contributed by atoms with Gasteiger partial charge in [0.15, 0.2) is 0 Å². The van der Waals surface area contributed by atoms with Gasteiger partial charge in [-0.15, -0.1) is 0 Å². The van der Waals surface area contributed by atoms with E-state index in [0.29, 0.717) is 6.61 Å². The fraction of sp³-hybridized carbons (Fsp3) is 0.417. The minimum Gasteiger partial charge on any atom is -0.497 e. The quantitative estimate of drug-likeness (QED) is 0.853. The predicted octanol–water partition coefficient (Wildman–Crippen LogP) is 2.50. The van der Waals surface area contributed by atoms with Crippen LogP contribution in [0.25, 0.3) is 0 Å². The molecule has 1 aromatic carbocycles. The summed E-state index contributed by atoms with van der Waals surface area (Å²) in [7, 11) is 1.62. The number of nitrogens with one attached hydrogen (secondary N) is 1. The van der Waals surface area contributed by atoms with Gasteiger partial charge in [-0.25, -0.2) is 4.79 Å². The van der Waals surface area contributed by atoms with Crippen LogP contribution in [0.3, 0.4) is 0 Å². The van der Waals surface area contributed by atoms with Crippen molar-refractivity contribution in [3.05, 3.63) is 29.8 Å². The Balaban J connectivity index is 2.58. The molecule has 0 saturated carbocycles. The number of ether oxygens (including phenoxy) is 2. The molecule has 16 heavy (non-hydrogen) atoms. The molecular weight excluding hydrogens is 206 g/mol. The zero-order chi connectivity index (χ0) is 12.0. The third-order valence-corrected chi connectivity index (χ3v) is 2.23. The lowest BCUT2D eigenvalue weighted by Crippen LogP contribution is -2.27. The second-order valence-corrected chi connectivity index (χ2v) is 3.36. The molecular formula is C12H17NO3. The normalized spacial score (nSPS) is 11.7. The third kappa shape index (κ3) is 3.46. The lowest BCUT2D eigenvalue weighted by Gasteiger charge is -2.14. The van der Waals surface area contributed by atoms with Gasteiger partial charge in [-0.05, 0) is 31.5 Å². The van der Waals surface area contributed by atoms with Gasteiger partial charge in [-0.1, -0.05) is 12.1 Å². The first-order valence-electron chi connectivity index (χ1n) is 5.24. The van der Waals surface area contributed by atoms with E-state index in [2.05, 4.69) is 5.32 Å². The highest BCUT2D eigenvalue weighted by Crippen LogP contribution is 2.17. The van der Waals surface area contributed by atoms with E-state index in [-0.39, 0.29) is 6.04 Å². The highest BCUT2D eigenvalue weighted by molar-refractivity contribution is 5.67. The van der Waals surface area contributed by atoms with Gasteiger partial charge in [-0.3, -0.25) is 0 Å². The van der Waals surface area contributed by atoms with Crippen LogP contribution in [0.2, 0.25) is 0 Å². The molecule has 0 saturated heterocycles. The van der Waals surface area contributed by atoms with Crippen molar-refractivity contribution >= 4 is 6.09 Å². The SMILES string of the molecule is CCOC(=O)NC(C)c1ccc(OC)cc1. The zero-order valence-corrected chi connectivity index (χ0v) is 9.82. The highest BCUT2D eigenvalue weighted by Gasteiger charge is 2.09. The molecule has 1 aromatic rings. The van der Waals surface area contributed by atoms with Gasteiger partial charge in [0, 0.05) is 0 Å². The standard InChI is InChI=1S/C12H17NO3/c1-4-16-12(14)13-9(2)10-5-7-11(15-3)8-6-10/h5-9H,4H2,1-3H3,(H,13,14). The van der Waals surface area contributed by atoms with Crippen LogP contribution in [0.5, 0.6) is 5.75 Å². The highest BCUT2D eigenvalue weighted by atomic mass is 16.5. The largest absolute Gasteiger partial charge is 0.497 e. The Bertz CT molecular complexity index is 335. The lowest BCUT2D eigenvalue weighted by atomic mass is 10.1. The molecule has 1 amide bonds. The first-order chi connectivity index (χ1) is 7.67. The fourth-order valence-electron chi connectivity index (χ4n) is 1.33. The Morgan fingerprint density at radius 2 is 2.00 bits per heavy atom. The number of alkyl carbamates (subject to hydrolysis) is 1. The van der Waals surface area contributed by atoms with Gasteiger partial charge in [0.25, 0.3) is 0 Å². The van der Waals surface area contributed by atoms with E-state index >= 15 is 0 Å². The van der Waals surface area contributed by atoms with E-state index in [0.717, 1.165) is 11.3 Å². The summed E-state index contributed by atoms with van der Waals surface area (Å²) in [6.45, 7) is 4.05. The molecule has 1 unspecified atom stereocenters. The molecule has 1 atom stereocenters. The Labute approximate surface area is 95.6 Å². The minimum atomic E-state index is -0.397. The molecule has 1 rings (SSSR count). The van der Waals surface area contributed by atoms with Crippen LogP contribution in [0.4, 0.5) is 4.79 Å². The molecule has 0 fully saturated rings. The van der Waals surface area contributed by atoms with Crippen LogP contribution in [-0.2, 0) is 4.74 Å².